The molecule has 1 amide bonds. The van der Waals surface area contributed by atoms with Crippen LogP contribution in [-0.4, -0.2) is 76.8 Å². The number of carbonyl (C=O) groups is 2. The highest BCUT2D eigenvalue weighted by Gasteiger charge is 2.50. The Hall–Kier alpha value is -4.19. The van der Waals surface area contributed by atoms with E-state index in [2.05, 4.69) is 15.2 Å². The van der Waals surface area contributed by atoms with Gasteiger partial charge in [-0.25, -0.2) is 18.0 Å². The minimum Gasteiger partial charge on any atom is -0.461 e. The molecule has 4 aliphatic rings. The average Bonchev–Trinajstić information content (AvgIpc) is 3.73. The maximum absolute atomic E-state index is 17.3. The topological polar surface area (TPSA) is 121 Å². The molecular formula is C38H38ClF3N6O4S. The van der Waals surface area contributed by atoms with E-state index < -0.39 is 35.0 Å². The summed E-state index contributed by atoms with van der Waals surface area (Å²) in [6.45, 7) is 7.45. The maximum atomic E-state index is 17.3. The van der Waals surface area contributed by atoms with E-state index in [0.717, 1.165) is 49.6 Å². The first-order valence-corrected chi connectivity index (χ1v) is 19.0. The van der Waals surface area contributed by atoms with Crippen LogP contribution in [0.25, 0.3) is 32.1 Å². The van der Waals surface area contributed by atoms with Crippen LogP contribution in [0.15, 0.2) is 18.2 Å². The quantitative estimate of drug-likeness (QED) is 0.206. The Morgan fingerprint density at radius 3 is 2.70 bits per heavy atom. The lowest BCUT2D eigenvalue weighted by Crippen LogP contribution is -2.51. The van der Waals surface area contributed by atoms with Crippen molar-refractivity contribution in [2.45, 2.75) is 83.0 Å². The highest BCUT2D eigenvalue weighted by molar-refractivity contribution is 7.23. The van der Waals surface area contributed by atoms with E-state index in [1.165, 1.54) is 6.07 Å². The van der Waals surface area contributed by atoms with Gasteiger partial charge in [0, 0.05) is 60.6 Å². The van der Waals surface area contributed by atoms with Crippen molar-refractivity contribution >= 4 is 66.6 Å². The molecule has 278 valence electrons. The van der Waals surface area contributed by atoms with Crippen LogP contribution in [0.3, 0.4) is 0 Å². The van der Waals surface area contributed by atoms with Gasteiger partial charge in [-0.2, -0.15) is 15.2 Å². The summed E-state index contributed by atoms with van der Waals surface area (Å²) in [6, 6.07) is 6.05. The normalized spacial score (nSPS) is 22.6. The minimum absolute atomic E-state index is 0.0184. The molecule has 5 heterocycles. The van der Waals surface area contributed by atoms with Crippen molar-refractivity contribution in [3.8, 4) is 23.2 Å². The highest BCUT2D eigenvalue weighted by atomic mass is 35.5. The smallest absolute Gasteiger partial charge is 0.412 e. The molecule has 2 atom stereocenters. The van der Waals surface area contributed by atoms with Crippen LogP contribution < -0.4 is 15.0 Å². The van der Waals surface area contributed by atoms with Crippen molar-refractivity contribution in [3.63, 3.8) is 0 Å². The van der Waals surface area contributed by atoms with Gasteiger partial charge in [0.2, 0.25) is 0 Å². The maximum Gasteiger partial charge on any atom is 0.412 e. The zero-order chi connectivity index (χ0) is 37.4. The van der Waals surface area contributed by atoms with Crippen LogP contribution in [-0.2, 0) is 9.53 Å². The number of amides is 1. The number of hydrogen-bond donors (Lipinski definition) is 1. The van der Waals surface area contributed by atoms with Crippen molar-refractivity contribution in [3.05, 3.63) is 40.4 Å². The fraction of sp³-hybridized carbons (Fsp3) is 0.500. The molecule has 0 radical (unpaired) electrons. The fourth-order valence-corrected chi connectivity index (χ4v) is 10.2. The van der Waals surface area contributed by atoms with Crippen molar-refractivity contribution < 1.29 is 32.2 Å². The van der Waals surface area contributed by atoms with Gasteiger partial charge in [-0.05, 0) is 70.7 Å². The Labute approximate surface area is 313 Å². The molecule has 1 N–H and O–H groups in total. The number of thiophene rings is 1. The molecule has 1 spiro atoms. The molecule has 3 aliphatic heterocycles. The largest absolute Gasteiger partial charge is 0.461 e. The molecule has 2 aromatic heterocycles. The van der Waals surface area contributed by atoms with Crippen LogP contribution in [0, 0.1) is 28.4 Å². The number of alkyl halides is 1. The molecule has 8 rings (SSSR count). The molecule has 2 aromatic carbocycles. The Kier molecular flexibility index (Phi) is 8.78. The SMILES string of the molecule is CC(C)(C)OC(=O)Nc1sc2c(F)ccc(-c3c(Cl)cc4c(N5CCCC6(CC(=O)C6)C5)nc(OC[C@@]56CCCN5C[C@H](F)C6)nc4c3F)c2c1C#N. The summed E-state index contributed by atoms with van der Waals surface area (Å²) in [5.74, 6) is -0.879. The van der Waals surface area contributed by atoms with Crippen LogP contribution in [0.5, 0.6) is 6.01 Å². The van der Waals surface area contributed by atoms with Gasteiger partial charge in [-0.3, -0.25) is 15.0 Å². The number of halogens is 4. The van der Waals surface area contributed by atoms with E-state index in [-0.39, 0.29) is 66.1 Å². The molecule has 3 saturated heterocycles. The fourth-order valence-electron chi connectivity index (χ4n) is 8.79. The number of benzene rings is 2. The monoisotopic (exact) mass is 766 g/mol. The number of aromatic nitrogens is 2. The number of rotatable bonds is 6. The second kappa shape index (κ2) is 13.0. The molecule has 1 aliphatic carbocycles. The van der Waals surface area contributed by atoms with Gasteiger partial charge in [-0.15, -0.1) is 11.3 Å². The number of nitrogens with one attached hydrogen (secondary N) is 1. The summed E-state index contributed by atoms with van der Waals surface area (Å²) >= 11 is 7.76. The van der Waals surface area contributed by atoms with E-state index in [1.54, 1.807) is 26.8 Å². The first kappa shape index (κ1) is 35.8. The first-order chi connectivity index (χ1) is 25.2. The summed E-state index contributed by atoms with van der Waals surface area (Å²) in [5, 5.41) is 13.2. The van der Waals surface area contributed by atoms with Crippen LogP contribution in [0.1, 0.15) is 71.3 Å². The molecule has 10 nitrogen and oxygen atoms in total. The number of ketones is 1. The highest BCUT2D eigenvalue weighted by Crippen LogP contribution is 2.49. The number of piperidine rings is 1. The number of fused-ring (bicyclic) bond motifs is 3. The standard InChI is InChI=1S/C38H38ClF3N6O4S/c1-36(2,3)52-35(50)46-33-24(16-43)27-22(6-7-26(41)31(27)53-33)28-25(39)12-23-30(29(28)42)44-34(51-19-38-9-5-11-48(38)17-20(40)13-38)45-32(23)47-10-4-8-37(18-47)14-21(49)15-37/h6-7,12,20H,4-5,8-11,13-15,17-19H2,1-3H3,(H,46,50)/t20-,38+/m1/s1. The number of ether oxygens (including phenoxy) is 2. The Morgan fingerprint density at radius 1 is 1.19 bits per heavy atom. The molecule has 0 bridgehead atoms. The van der Waals surface area contributed by atoms with Gasteiger partial charge < -0.3 is 14.4 Å². The van der Waals surface area contributed by atoms with Crippen molar-refractivity contribution in [1.29, 1.82) is 5.26 Å². The summed E-state index contributed by atoms with van der Waals surface area (Å²) in [4.78, 5) is 38.3. The van der Waals surface area contributed by atoms with Crippen molar-refractivity contribution in [2.24, 2.45) is 5.41 Å². The Balaban J connectivity index is 1.26. The van der Waals surface area contributed by atoms with Crippen LogP contribution in [0.4, 0.5) is 28.8 Å². The van der Waals surface area contributed by atoms with Gasteiger partial charge in [0.25, 0.3) is 0 Å². The number of nitriles is 1. The number of carbonyl (C=O) groups excluding carboxylic acids is 2. The third-order valence-corrected chi connectivity index (χ3v) is 12.4. The van der Waals surface area contributed by atoms with E-state index >= 15 is 8.78 Å². The van der Waals surface area contributed by atoms with Crippen molar-refractivity contribution in [2.75, 3.05) is 43.0 Å². The Bertz CT molecular complexity index is 2230. The number of Topliss-reactive ketones (excluding diaryl/α,β-unsaturated/α-hetero) is 1. The molecule has 4 fully saturated rings. The number of anilines is 2. The predicted octanol–water partition coefficient (Wildman–Crippen LogP) is 8.57. The summed E-state index contributed by atoms with van der Waals surface area (Å²) in [5.41, 5.74) is -1.68. The first-order valence-electron chi connectivity index (χ1n) is 17.8. The summed E-state index contributed by atoms with van der Waals surface area (Å²) < 4.78 is 58.9. The van der Waals surface area contributed by atoms with Crippen molar-refractivity contribution in [1.82, 2.24) is 14.9 Å². The lowest BCUT2D eigenvalue weighted by atomic mass is 9.63. The number of nitrogens with zero attached hydrogens (tertiary/aromatic N) is 5. The molecule has 53 heavy (non-hydrogen) atoms. The molecule has 15 heteroatoms. The third-order valence-electron chi connectivity index (χ3n) is 11.0. The predicted molar refractivity (Wildman–Crippen MR) is 197 cm³/mol. The second-order valence-corrected chi connectivity index (χ2v) is 17.3. The lowest BCUT2D eigenvalue weighted by molar-refractivity contribution is -0.133. The summed E-state index contributed by atoms with van der Waals surface area (Å²) in [6.07, 6.45) is 2.87. The van der Waals surface area contributed by atoms with E-state index in [9.17, 15) is 19.2 Å². The zero-order valence-electron chi connectivity index (χ0n) is 29.6. The second-order valence-electron chi connectivity index (χ2n) is 15.9. The van der Waals surface area contributed by atoms with E-state index in [0.29, 0.717) is 50.1 Å². The molecular weight excluding hydrogens is 729 g/mol. The van der Waals surface area contributed by atoms with E-state index in [4.69, 9.17) is 26.1 Å². The molecule has 0 unspecified atom stereocenters. The van der Waals surface area contributed by atoms with Gasteiger partial charge in [-0.1, -0.05) is 17.7 Å². The van der Waals surface area contributed by atoms with E-state index in [1.807, 2.05) is 11.0 Å². The zero-order valence-corrected chi connectivity index (χ0v) is 31.2. The average molecular weight is 767 g/mol. The lowest BCUT2D eigenvalue weighted by Gasteiger charge is -2.48. The van der Waals surface area contributed by atoms with Gasteiger partial charge in [0.05, 0.1) is 20.8 Å². The molecule has 4 aromatic rings. The Morgan fingerprint density at radius 2 is 1.96 bits per heavy atom. The third kappa shape index (κ3) is 6.34. The van der Waals surface area contributed by atoms with Crippen LogP contribution in [0.2, 0.25) is 5.02 Å². The minimum atomic E-state index is -0.966. The van der Waals surface area contributed by atoms with Gasteiger partial charge >= 0.3 is 12.1 Å². The van der Waals surface area contributed by atoms with Gasteiger partial charge in [0.1, 0.15) is 52.4 Å². The van der Waals surface area contributed by atoms with Crippen LogP contribution >= 0.6 is 22.9 Å². The molecule has 1 saturated carbocycles. The summed E-state index contributed by atoms with van der Waals surface area (Å²) in [7, 11) is 0. The number of hydrogen-bond acceptors (Lipinski definition) is 10. The van der Waals surface area contributed by atoms with Gasteiger partial charge in [0.15, 0.2) is 5.82 Å².